The molecule has 0 nitrogen and oxygen atoms in total. The van der Waals surface area contributed by atoms with Crippen molar-refractivity contribution in [1.29, 1.82) is 0 Å². The zero-order valence-corrected chi connectivity index (χ0v) is 13.1. The van der Waals surface area contributed by atoms with Gasteiger partial charge in [0, 0.05) is 0 Å². The second kappa shape index (κ2) is 4.04. The summed E-state index contributed by atoms with van der Waals surface area (Å²) in [6.45, 7) is 7.82. The standard InChI is InChI=1S/C18H30B/c1-12-7-8-13-11-18(12,17(13,2)3)14-9-15-5-4-6-16(10-14)19-15/h12-16H,4-11H2,1-3H3/t12?,13?,14?,15-,16?,18?/m1/s1. The predicted octanol–water partition coefficient (Wildman–Crippen LogP) is 5.32. The van der Waals surface area contributed by atoms with E-state index in [4.69, 9.17) is 0 Å². The maximum atomic E-state index is 2.74. The SMILES string of the molecule is CC1CCC2CC1(C1CC3[B][C@H](CCC3)C1)C2(C)C. The van der Waals surface area contributed by atoms with E-state index >= 15 is 0 Å². The van der Waals surface area contributed by atoms with Crippen molar-refractivity contribution in [2.45, 2.75) is 83.8 Å². The molecular formula is C18H30B. The molecule has 2 aliphatic heterocycles. The van der Waals surface area contributed by atoms with Crippen LogP contribution >= 0.6 is 0 Å². The highest BCUT2D eigenvalue weighted by atomic mass is 14.7. The topological polar surface area (TPSA) is 0 Å². The third kappa shape index (κ3) is 1.54. The van der Waals surface area contributed by atoms with E-state index < -0.39 is 0 Å². The number of rotatable bonds is 1. The lowest BCUT2D eigenvalue weighted by atomic mass is 9.29. The van der Waals surface area contributed by atoms with Crippen LogP contribution < -0.4 is 0 Å². The summed E-state index contributed by atoms with van der Waals surface area (Å²) in [5.74, 6) is 5.05. The molecule has 4 bridgehead atoms. The molecule has 3 aliphatic carbocycles. The van der Waals surface area contributed by atoms with Gasteiger partial charge in [-0.05, 0) is 47.8 Å². The molecule has 6 atom stereocenters. The van der Waals surface area contributed by atoms with Crippen molar-refractivity contribution < 1.29 is 0 Å². The average molecular weight is 257 g/mol. The summed E-state index contributed by atoms with van der Waals surface area (Å²) >= 11 is 0. The molecular weight excluding hydrogens is 227 g/mol. The van der Waals surface area contributed by atoms with Crippen LogP contribution in [0.2, 0.25) is 11.6 Å². The Kier molecular flexibility index (Phi) is 2.72. The van der Waals surface area contributed by atoms with Gasteiger partial charge in [-0.3, -0.25) is 0 Å². The summed E-state index contributed by atoms with van der Waals surface area (Å²) in [7, 11) is 2.74. The maximum Gasteiger partial charge on any atom is 0.117 e. The first-order valence-corrected chi connectivity index (χ1v) is 8.89. The highest BCUT2D eigenvalue weighted by molar-refractivity contribution is 6.40. The number of fused-ring (bicyclic) bond motifs is 4. The predicted molar refractivity (Wildman–Crippen MR) is 82.5 cm³/mol. The van der Waals surface area contributed by atoms with Gasteiger partial charge in [0.2, 0.25) is 0 Å². The minimum absolute atomic E-state index is 0.640. The normalized spacial score (nSPS) is 55.0. The van der Waals surface area contributed by atoms with Crippen LogP contribution in [0.3, 0.4) is 0 Å². The minimum Gasteiger partial charge on any atom is -0.0683 e. The lowest BCUT2D eigenvalue weighted by Crippen LogP contribution is -2.65. The molecule has 19 heavy (non-hydrogen) atoms. The Hall–Kier alpha value is 0.0649. The van der Waals surface area contributed by atoms with Gasteiger partial charge in [-0.2, -0.15) is 0 Å². The molecule has 0 aromatic carbocycles. The lowest BCUT2D eigenvalue weighted by molar-refractivity contribution is -0.231. The summed E-state index contributed by atoms with van der Waals surface area (Å²) in [5.41, 5.74) is 1.36. The molecule has 0 amide bonds. The van der Waals surface area contributed by atoms with Crippen molar-refractivity contribution in [3.8, 4) is 0 Å². The van der Waals surface area contributed by atoms with E-state index in [1.165, 1.54) is 44.9 Å². The Morgan fingerprint density at radius 2 is 1.58 bits per heavy atom. The van der Waals surface area contributed by atoms with Crippen LogP contribution in [-0.2, 0) is 0 Å². The molecule has 105 valence electrons. The van der Waals surface area contributed by atoms with Gasteiger partial charge in [-0.15, -0.1) is 0 Å². The Morgan fingerprint density at radius 1 is 0.895 bits per heavy atom. The van der Waals surface area contributed by atoms with Crippen LogP contribution in [0.4, 0.5) is 0 Å². The summed E-state index contributed by atoms with van der Waals surface area (Å²) < 4.78 is 0. The minimum atomic E-state index is 0.640. The molecule has 1 heteroatoms. The van der Waals surface area contributed by atoms with Gasteiger partial charge in [0.15, 0.2) is 0 Å². The molecule has 1 radical (unpaired) electrons. The van der Waals surface area contributed by atoms with E-state index in [2.05, 4.69) is 28.1 Å². The van der Waals surface area contributed by atoms with E-state index in [-0.39, 0.29) is 0 Å². The van der Waals surface area contributed by atoms with Crippen LogP contribution in [0.5, 0.6) is 0 Å². The first kappa shape index (κ1) is 12.8. The van der Waals surface area contributed by atoms with Crippen LogP contribution in [-0.4, -0.2) is 7.28 Å². The van der Waals surface area contributed by atoms with Crippen LogP contribution in [0.1, 0.15) is 72.1 Å². The van der Waals surface area contributed by atoms with Gasteiger partial charge in [-0.1, -0.05) is 64.5 Å². The zero-order chi connectivity index (χ0) is 13.3. The summed E-state index contributed by atoms with van der Waals surface area (Å²) in [4.78, 5) is 0. The van der Waals surface area contributed by atoms with Crippen molar-refractivity contribution in [1.82, 2.24) is 0 Å². The van der Waals surface area contributed by atoms with E-state index in [1.54, 1.807) is 6.42 Å². The second-order valence-corrected chi connectivity index (χ2v) is 8.95. The summed E-state index contributed by atoms with van der Waals surface area (Å²) in [5, 5.41) is 0. The molecule has 0 aromatic heterocycles. The fourth-order valence-electron chi connectivity index (χ4n) is 7.14. The third-order valence-electron chi connectivity index (χ3n) is 8.23. The highest BCUT2D eigenvalue weighted by Gasteiger charge is 2.67. The van der Waals surface area contributed by atoms with Gasteiger partial charge in [0.05, 0.1) is 0 Å². The first-order chi connectivity index (χ1) is 9.04. The van der Waals surface area contributed by atoms with Crippen molar-refractivity contribution in [3.05, 3.63) is 0 Å². The smallest absolute Gasteiger partial charge is 0.0683 e. The lowest BCUT2D eigenvalue weighted by Gasteiger charge is -2.73. The Bertz CT molecular complexity index is 362. The van der Waals surface area contributed by atoms with Crippen molar-refractivity contribution in [2.24, 2.45) is 28.6 Å². The summed E-state index contributed by atoms with van der Waals surface area (Å²) in [6, 6.07) is 0. The monoisotopic (exact) mass is 257 g/mol. The van der Waals surface area contributed by atoms with Gasteiger partial charge >= 0.3 is 0 Å². The molecule has 0 aromatic rings. The second-order valence-electron chi connectivity index (χ2n) is 8.95. The quantitative estimate of drug-likeness (QED) is 0.557. The van der Waals surface area contributed by atoms with Gasteiger partial charge in [0.25, 0.3) is 0 Å². The molecule has 2 heterocycles. The van der Waals surface area contributed by atoms with Crippen LogP contribution in [0.25, 0.3) is 0 Å². The van der Waals surface area contributed by atoms with Crippen molar-refractivity contribution >= 4 is 7.28 Å². The zero-order valence-electron chi connectivity index (χ0n) is 13.1. The van der Waals surface area contributed by atoms with Crippen molar-refractivity contribution in [2.75, 3.05) is 0 Å². The van der Waals surface area contributed by atoms with Crippen LogP contribution in [0.15, 0.2) is 0 Å². The van der Waals surface area contributed by atoms with Gasteiger partial charge < -0.3 is 0 Å². The van der Waals surface area contributed by atoms with Crippen LogP contribution in [0, 0.1) is 28.6 Å². The first-order valence-electron chi connectivity index (χ1n) is 8.89. The third-order valence-corrected chi connectivity index (χ3v) is 8.23. The van der Waals surface area contributed by atoms with Gasteiger partial charge in [0.1, 0.15) is 7.28 Å². The Morgan fingerprint density at radius 3 is 2.16 bits per heavy atom. The molecule has 5 aliphatic rings. The molecule has 0 spiro atoms. The number of hydrogen-bond acceptors (Lipinski definition) is 0. The molecule has 3 saturated carbocycles. The molecule has 2 saturated heterocycles. The largest absolute Gasteiger partial charge is 0.117 e. The van der Waals surface area contributed by atoms with E-state index in [0.29, 0.717) is 5.41 Å². The van der Waals surface area contributed by atoms with Crippen molar-refractivity contribution in [3.63, 3.8) is 0 Å². The number of hydrogen-bond donors (Lipinski definition) is 0. The molecule has 5 unspecified atom stereocenters. The molecule has 5 rings (SSSR count). The van der Waals surface area contributed by atoms with Gasteiger partial charge in [-0.25, -0.2) is 0 Å². The fourth-order valence-corrected chi connectivity index (χ4v) is 7.14. The Labute approximate surface area is 120 Å². The summed E-state index contributed by atoms with van der Waals surface area (Å²) in [6.07, 6.45) is 12.2. The van der Waals surface area contributed by atoms with E-state index in [1.807, 2.05) is 0 Å². The maximum absolute atomic E-state index is 2.74. The average Bonchev–Trinajstić information content (AvgIpc) is 2.37. The fraction of sp³-hybridized carbons (Fsp3) is 1.00. The molecule has 5 fully saturated rings. The highest BCUT2D eigenvalue weighted by Crippen LogP contribution is 2.75. The Balaban J connectivity index is 1.63. The van der Waals surface area contributed by atoms with E-state index in [0.717, 1.165) is 34.8 Å². The molecule has 0 N–H and O–H groups in total. The van der Waals surface area contributed by atoms with E-state index in [9.17, 15) is 0 Å².